The molecule has 0 spiro atoms. The minimum Gasteiger partial charge on any atom is -0.383 e. The van der Waals surface area contributed by atoms with Crippen LogP contribution in [0.5, 0.6) is 0 Å². The monoisotopic (exact) mass is 491 g/mol. The Kier molecular flexibility index (Phi) is 7.85. The molecule has 0 aliphatic carbocycles. The SMILES string of the molecule is COCCN(CC(=O)N1N=C(c2ccccc2F)C[C@@H]1c1ccc(C)cc1)C(=O)c1ccccc1F. The summed E-state index contributed by atoms with van der Waals surface area (Å²) >= 11 is 0. The number of hydrogen-bond donors (Lipinski definition) is 0. The number of methoxy groups -OCH3 is 1. The summed E-state index contributed by atoms with van der Waals surface area (Å²) in [6.07, 6.45) is 0.315. The molecule has 3 aromatic rings. The summed E-state index contributed by atoms with van der Waals surface area (Å²) in [6, 6.07) is 19.1. The van der Waals surface area contributed by atoms with Crippen molar-refractivity contribution in [1.29, 1.82) is 0 Å². The minimum absolute atomic E-state index is 0.0856. The van der Waals surface area contributed by atoms with Crippen molar-refractivity contribution < 1.29 is 23.1 Å². The zero-order valence-corrected chi connectivity index (χ0v) is 20.2. The average molecular weight is 492 g/mol. The van der Waals surface area contributed by atoms with Crippen molar-refractivity contribution in [2.45, 2.75) is 19.4 Å². The summed E-state index contributed by atoms with van der Waals surface area (Å²) < 4.78 is 34.0. The van der Waals surface area contributed by atoms with Crippen LogP contribution in [0, 0.1) is 18.6 Å². The molecule has 1 atom stereocenters. The maximum atomic E-state index is 14.5. The summed E-state index contributed by atoms with van der Waals surface area (Å²) in [5.41, 5.74) is 2.53. The Bertz CT molecular complexity index is 1280. The van der Waals surface area contributed by atoms with E-state index in [1.54, 1.807) is 24.3 Å². The van der Waals surface area contributed by atoms with E-state index >= 15 is 0 Å². The number of benzene rings is 3. The number of amides is 2. The third-order valence-corrected chi connectivity index (χ3v) is 6.10. The van der Waals surface area contributed by atoms with Crippen molar-refractivity contribution in [3.8, 4) is 0 Å². The van der Waals surface area contributed by atoms with Crippen LogP contribution in [0.15, 0.2) is 77.9 Å². The summed E-state index contributed by atoms with van der Waals surface area (Å²) in [6.45, 7) is 1.87. The molecule has 2 amide bonds. The number of hydrogen-bond acceptors (Lipinski definition) is 4. The third-order valence-electron chi connectivity index (χ3n) is 6.10. The Morgan fingerprint density at radius 3 is 2.33 bits per heavy atom. The molecule has 0 N–H and O–H groups in total. The highest BCUT2D eigenvalue weighted by Gasteiger charge is 2.35. The van der Waals surface area contributed by atoms with Gasteiger partial charge in [-0.05, 0) is 30.7 Å². The minimum atomic E-state index is -0.670. The lowest BCUT2D eigenvalue weighted by Crippen LogP contribution is -2.43. The van der Waals surface area contributed by atoms with Crippen LogP contribution in [0.1, 0.15) is 39.5 Å². The lowest BCUT2D eigenvalue weighted by atomic mass is 9.97. The Hall–Kier alpha value is -3.91. The molecule has 0 saturated heterocycles. The summed E-state index contributed by atoms with van der Waals surface area (Å²) in [5.74, 6) is -2.18. The first-order chi connectivity index (χ1) is 17.4. The molecule has 0 saturated carbocycles. The van der Waals surface area contributed by atoms with Crippen molar-refractivity contribution in [1.82, 2.24) is 9.91 Å². The molecule has 0 radical (unpaired) electrons. The number of aryl methyl sites for hydroxylation is 1. The maximum absolute atomic E-state index is 14.5. The molecular formula is C28H27F2N3O3. The van der Waals surface area contributed by atoms with E-state index in [-0.39, 0.29) is 25.3 Å². The van der Waals surface area contributed by atoms with Gasteiger partial charge in [-0.25, -0.2) is 13.8 Å². The second kappa shape index (κ2) is 11.2. The van der Waals surface area contributed by atoms with Gasteiger partial charge in [0.15, 0.2) is 0 Å². The number of halogens is 2. The topological polar surface area (TPSA) is 62.2 Å². The molecule has 1 aliphatic heterocycles. The van der Waals surface area contributed by atoms with E-state index in [1.165, 1.54) is 41.3 Å². The Morgan fingerprint density at radius 2 is 1.67 bits per heavy atom. The fourth-order valence-electron chi connectivity index (χ4n) is 4.14. The van der Waals surface area contributed by atoms with Gasteiger partial charge in [0.05, 0.1) is 23.9 Å². The number of nitrogens with zero attached hydrogens (tertiary/aromatic N) is 3. The highest BCUT2D eigenvalue weighted by Crippen LogP contribution is 2.33. The number of rotatable bonds is 8. The lowest BCUT2D eigenvalue weighted by Gasteiger charge is -2.27. The van der Waals surface area contributed by atoms with Crippen molar-refractivity contribution in [2.75, 3.05) is 26.8 Å². The summed E-state index contributed by atoms with van der Waals surface area (Å²) in [4.78, 5) is 27.9. The fraction of sp³-hybridized carbons (Fsp3) is 0.250. The molecular weight excluding hydrogens is 464 g/mol. The quantitative estimate of drug-likeness (QED) is 0.457. The lowest BCUT2D eigenvalue weighted by molar-refractivity contribution is -0.133. The first-order valence-electron chi connectivity index (χ1n) is 11.6. The normalized spacial score (nSPS) is 15.1. The summed E-state index contributed by atoms with van der Waals surface area (Å²) in [7, 11) is 1.48. The van der Waals surface area contributed by atoms with Crippen molar-refractivity contribution in [3.63, 3.8) is 0 Å². The van der Waals surface area contributed by atoms with Gasteiger partial charge in [0.1, 0.15) is 18.2 Å². The van der Waals surface area contributed by atoms with Crippen LogP contribution in [0.3, 0.4) is 0 Å². The van der Waals surface area contributed by atoms with E-state index in [4.69, 9.17) is 4.74 Å². The van der Waals surface area contributed by atoms with Crippen LogP contribution in [0.4, 0.5) is 8.78 Å². The van der Waals surface area contributed by atoms with Crippen LogP contribution in [-0.2, 0) is 9.53 Å². The van der Waals surface area contributed by atoms with Crippen LogP contribution in [0.2, 0.25) is 0 Å². The molecule has 186 valence electrons. The number of carbonyl (C=O) groups is 2. The first-order valence-corrected chi connectivity index (χ1v) is 11.6. The first kappa shape index (κ1) is 25.2. The van der Waals surface area contributed by atoms with Gasteiger partial charge < -0.3 is 9.64 Å². The molecule has 0 fully saturated rings. The van der Waals surface area contributed by atoms with Crippen molar-refractivity contribution >= 4 is 17.5 Å². The van der Waals surface area contributed by atoms with E-state index in [9.17, 15) is 18.4 Å². The molecule has 36 heavy (non-hydrogen) atoms. The van der Waals surface area contributed by atoms with Crippen LogP contribution in [-0.4, -0.2) is 54.2 Å². The maximum Gasteiger partial charge on any atom is 0.262 e. The van der Waals surface area contributed by atoms with E-state index in [0.717, 1.165) is 11.1 Å². The van der Waals surface area contributed by atoms with Crippen LogP contribution < -0.4 is 0 Å². The molecule has 8 heteroatoms. The van der Waals surface area contributed by atoms with E-state index in [2.05, 4.69) is 5.10 Å². The van der Waals surface area contributed by atoms with Crippen molar-refractivity contribution in [2.24, 2.45) is 5.10 Å². The van der Waals surface area contributed by atoms with E-state index in [1.807, 2.05) is 31.2 Å². The molecule has 0 bridgehead atoms. The van der Waals surface area contributed by atoms with Gasteiger partial charge >= 0.3 is 0 Å². The van der Waals surface area contributed by atoms with Crippen molar-refractivity contribution in [3.05, 3.63) is 107 Å². The Morgan fingerprint density at radius 1 is 1.00 bits per heavy atom. The van der Waals surface area contributed by atoms with Gasteiger partial charge in [0.25, 0.3) is 11.8 Å². The highest BCUT2D eigenvalue weighted by atomic mass is 19.1. The molecule has 1 aliphatic rings. The Balaban J connectivity index is 1.65. The van der Waals surface area contributed by atoms with Gasteiger partial charge in [0.2, 0.25) is 0 Å². The number of carbonyl (C=O) groups excluding carboxylic acids is 2. The standard InChI is InChI=1S/C28H27F2N3O3/c1-19-11-13-20(14-12-19)26-17-25(21-7-3-5-9-23(21)29)31-33(26)27(34)18-32(15-16-36-2)28(35)22-8-4-6-10-24(22)30/h3-14,26H,15-18H2,1-2H3/t26-/m1/s1. The largest absolute Gasteiger partial charge is 0.383 e. The molecule has 0 aromatic heterocycles. The zero-order chi connectivity index (χ0) is 25.7. The average Bonchev–Trinajstić information content (AvgIpc) is 3.32. The molecule has 1 heterocycles. The molecule has 3 aromatic carbocycles. The molecule has 0 unspecified atom stereocenters. The fourth-order valence-corrected chi connectivity index (χ4v) is 4.14. The van der Waals surface area contributed by atoms with Gasteiger partial charge in [-0.1, -0.05) is 60.2 Å². The second-order valence-corrected chi connectivity index (χ2v) is 8.59. The van der Waals surface area contributed by atoms with Crippen LogP contribution in [0.25, 0.3) is 0 Å². The van der Waals surface area contributed by atoms with Gasteiger partial charge in [-0.3, -0.25) is 9.59 Å². The Labute approximate surface area is 208 Å². The molecule has 4 rings (SSSR count). The zero-order valence-electron chi connectivity index (χ0n) is 20.2. The number of hydrazone groups is 1. The third kappa shape index (κ3) is 5.49. The predicted octanol–water partition coefficient (Wildman–Crippen LogP) is 4.74. The van der Waals surface area contributed by atoms with E-state index in [0.29, 0.717) is 17.7 Å². The second-order valence-electron chi connectivity index (χ2n) is 8.59. The van der Waals surface area contributed by atoms with Gasteiger partial charge in [0, 0.05) is 25.6 Å². The summed E-state index contributed by atoms with van der Waals surface area (Å²) in [5, 5.41) is 5.81. The van der Waals surface area contributed by atoms with Gasteiger partial charge in [-0.15, -0.1) is 0 Å². The predicted molar refractivity (Wildman–Crippen MR) is 132 cm³/mol. The molecule has 6 nitrogen and oxygen atoms in total. The van der Waals surface area contributed by atoms with E-state index < -0.39 is 29.5 Å². The highest BCUT2D eigenvalue weighted by molar-refractivity contribution is 6.04. The van der Waals surface area contributed by atoms with Gasteiger partial charge in [-0.2, -0.15) is 5.10 Å². The smallest absolute Gasteiger partial charge is 0.262 e. The van der Waals surface area contributed by atoms with Crippen LogP contribution >= 0.6 is 0 Å². The number of ether oxygens (including phenoxy) is 1.